The fourth-order valence-corrected chi connectivity index (χ4v) is 4.00. The second-order valence-electron chi connectivity index (χ2n) is 8.00. The van der Waals surface area contributed by atoms with E-state index in [0.29, 0.717) is 11.6 Å². The normalized spacial score (nSPS) is 19.6. The number of carbonyl (C=O) groups is 1. The molecule has 0 aromatic heterocycles. The molecule has 0 radical (unpaired) electrons. The van der Waals surface area contributed by atoms with E-state index in [-0.39, 0.29) is 5.91 Å². The van der Waals surface area contributed by atoms with E-state index >= 15 is 0 Å². The lowest BCUT2D eigenvalue weighted by atomic mass is 10.1. The highest BCUT2D eigenvalue weighted by atomic mass is 16.5. The number of rotatable bonds is 5. The molecule has 2 aliphatic heterocycles. The van der Waals surface area contributed by atoms with Crippen LogP contribution in [-0.4, -0.2) is 70.3 Å². The molecule has 1 atom stereocenters. The van der Waals surface area contributed by atoms with Gasteiger partial charge in [0.2, 0.25) is 0 Å². The van der Waals surface area contributed by atoms with E-state index in [9.17, 15) is 4.79 Å². The van der Waals surface area contributed by atoms with Crippen LogP contribution in [0.25, 0.3) is 0 Å². The summed E-state index contributed by atoms with van der Waals surface area (Å²) >= 11 is 0. The fraction of sp³-hybridized carbons (Fsp3) is 0.435. The number of anilines is 3. The predicted molar refractivity (Wildman–Crippen MR) is 118 cm³/mol. The van der Waals surface area contributed by atoms with Crippen LogP contribution in [0.15, 0.2) is 48.5 Å². The van der Waals surface area contributed by atoms with Crippen LogP contribution in [0.3, 0.4) is 0 Å². The van der Waals surface area contributed by atoms with Crippen LogP contribution in [0, 0.1) is 0 Å². The molecule has 0 bridgehead atoms. The zero-order valence-corrected chi connectivity index (χ0v) is 17.3. The average Bonchev–Trinajstić information content (AvgIpc) is 3.26. The highest BCUT2D eigenvalue weighted by molar-refractivity contribution is 6.04. The smallest absolute Gasteiger partial charge is 0.255 e. The third kappa shape index (κ3) is 4.71. The molecule has 154 valence electrons. The number of hydrogen-bond donors (Lipinski definition) is 1. The summed E-state index contributed by atoms with van der Waals surface area (Å²) in [6.07, 6.45) is 1.19. The fourth-order valence-electron chi connectivity index (χ4n) is 4.00. The standard InChI is InChI=1S/C23H30N4O2/c1-25(2)22-11-12-27(17-22)21-9-5-19(6-10-21)24-23(28)18-3-7-20(8-4-18)26-13-15-29-16-14-26/h3-10,22H,11-17H2,1-2H3,(H,24,28). The molecule has 6 heteroatoms. The zero-order chi connectivity index (χ0) is 20.2. The van der Waals surface area contributed by atoms with Gasteiger partial charge < -0.3 is 24.8 Å². The van der Waals surface area contributed by atoms with Gasteiger partial charge in [0.25, 0.3) is 5.91 Å². The number of carbonyl (C=O) groups excluding carboxylic acids is 1. The van der Waals surface area contributed by atoms with Crippen molar-refractivity contribution < 1.29 is 9.53 Å². The number of nitrogens with zero attached hydrogens (tertiary/aromatic N) is 3. The molecule has 2 aliphatic rings. The number of nitrogens with one attached hydrogen (secondary N) is 1. The lowest BCUT2D eigenvalue weighted by molar-refractivity contribution is 0.102. The first kappa shape index (κ1) is 19.7. The van der Waals surface area contributed by atoms with Gasteiger partial charge in [-0.1, -0.05) is 0 Å². The van der Waals surface area contributed by atoms with Crippen LogP contribution in [-0.2, 0) is 4.74 Å². The van der Waals surface area contributed by atoms with Gasteiger partial charge >= 0.3 is 0 Å². The Morgan fingerprint density at radius 2 is 1.55 bits per heavy atom. The largest absolute Gasteiger partial charge is 0.378 e. The molecule has 0 spiro atoms. The number of morpholine rings is 1. The minimum Gasteiger partial charge on any atom is -0.378 e. The summed E-state index contributed by atoms with van der Waals surface area (Å²) in [5, 5.41) is 3.00. The van der Waals surface area contributed by atoms with Gasteiger partial charge in [-0.15, -0.1) is 0 Å². The predicted octanol–water partition coefficient (Wildman–Crippen LogP) is 2.92. The van der Waals surface area contributed by atoms with E-state index in [1.54, 1.807) is 0 Å². The van der Waals surface area contributed by atoms with Crippen molar-refractivity contribution in [2.45, 2.75) is 12.5 Å². The van der Waals surface area contributed by atoms with Crippen LogP contribution in [0.5, 0.6) is 0 Å². The Morgan fingerprint density at radius 1 is 0.931 bits per heavy atom. The molecule has 6 nitrogen and oxygen atoms in total. The van der Waals surface area contributed by atoms with Crippen molar-refractivity contribution in [1.29, 1.82) is 0 Å². The molecule has 1 unspecified atom stereocenters. The van der Waals surface area contributed by atoms with Gasteiger partial charge in [0.1, 0.15) is 0 Å². The van der Waals surface area contributed by atoms with Gasteiger partial charge in [0, 0.05) is 54.8 Å². The lowest BCUT2D eigenvalue weighted by Crippen LogP contribution is -2.36. The van der Waals surface area contributed by atoms with Crippen LogP contribution >= 0.6 is 0 Å². The highest BCUT2D eigenvalue weighted by Gasteiger charge is 2.24. The molecule has 29 heavy (non-hydrogen) atoms. The highest BCUT2D eigenvalue weighted by Crippen LogP contribution is 2.24. The quantitative estimate of drug-likeness (QED) is 0.845. The van der Waals surface area contributed by atoms with E-state index in [1.165, 1.54) is 12.1 Å². The van der Waals surface area contributed by atoms with E-state index < -0.39 is 0 Å². The summed E-state index contributed by atoms with van der Waals surface area (Å²) in [6.45, 7) is 5.42. The molecule has 0 aliphatic carbocycles. The number of hydrogen-bond acceptors (Lipinski definition) is 5. The first-order valence-corrected chi connectivity index (χ1v) is 10.4. The Labute approximate surface area is 173 Å². The van der Waals surface area contributed by atoms with Crippen molar-refractivity contribution in [2.75, 3.05) is 68.6 Å². The van der Waals surface area contributed by atoms with Crippen molar-refractivity contribution in [3.8, 4) is 0 Å². The molecule has 2 heterocycles. The summed E-state index contributed by atoms with van der Waals surface area (Å²) in [4.78, 5) is 19.6. The van der Waals surface area contributed by atoms with E-state index in [2.05, 4.69) is 46.2 Å². The van der Waals surface area contributed by atoms with Crippen molar-refractivity contribution in [3.63, 3.8) is 0 Å². The maximum atomic E-state index is 12.6. The number of benzene rings is 2. The maximum absolute atomic E-state index is 12.6. The van der Waals surface area contributed by atoms with Crippen molar-refractivity contribution >= 4 is 23.0 Å². The average molecular weight is 395 g/mol. The molecular formula is C23H30N4O2. The van der Waals surface area contributed by atoms with Crippen LogP contribution in [0.4, 0.5) is 17.1 Å². The number of ether oxygens (including phenoxy) is 1. The van der Waals surface area contributed by atoms with Crippen LogP contribution in [0.1, 0.15) is 16.8 Å². The zero-order valence-electron chi connectivity index (χ0n) is 17.3. The Kier molecular flexibility index (Phi) is 6.02. The Hall–Kier alpha value is -2.57. The first-order chi connectivity index (χ1) is 14.1. The van der Waals surface area contributed by atoms with Gasteiger partial charge in [-0.05, 0) is 69.0 Å². The van der Waals surface area contributed by atoms with Gasteiger partial charge in [0.15, 0.2) is 0 Å². The molecule has 2 aromatic rings. The molecular weight excluding hydrogens is 364 g/mol. The maximum Gasteiger partial charge on any atom is 0.255 e. The third-order valence-electron chi connectivity index (χ3n) is 5.89. The van der Waals surface area contributed by atoms with Gasteiger partial charge in [-0.3, -0.25) is 4.79 Å². The molecule has 2 aromatic carbocycles. The molecule has 2 saturated heterocycles. The van der Waals surface area contributed by atoms with Crippen molar-refractivity contribution in [2.24, 2.45) is 0 Å². The second kappa shape index (κ2) is 8.84. The SMILES string of the molecule is CN(C)C1CCN(c2ccc(NC(=O)c3ccc(N4CCOCC4)cc3)cc2)C1. The Balaban J connectivity index is 1.35. The van der Waals surface area contributed by atoms with Gasteiger partial charge in [-0.2, -0.15) is 0 Å². The van der Waals surface area contributed by atoms with Crippen LogP contribution < -0.4 is 15.1 Å². The minimum absolute atomic E-state index is 0.0832. The number of likely N-dealkylation sites (N-methyl/N-ethyl adjacent to an activating group) is 1. The molecule has 0 saturated carbocycles. The summed E-state index contributed by atoms with van der Waals surface area (Å²) in [5.74, 6) is -0.0832. The topological polar surface area (TPSA) is 48.0 Å². The molecule has 2 fully saturated rings. The number of amides is 1. The first-order valence-electron chi connectivity index (χ1n) is 10.4. The Bertz CT molecular complexity index is 814. The Morgan fingerprint density at radius 3 is 2.17 bits per heavy atom. The monoisotopic (exact) mass is 394 g/mol. The van der Waals surface area contributed by atoms with Crippen LogP contribution in [0.2, 0.25) is 0 Å². The van der Waals surface area contributed by atoms with E-state index in [0.717, 1.165) is 50.8 Å². The minimum atomic E-state index is -0.0832. The molecule has 1 amide bonds. The van der Waals surface area contributed by atoms with Gasteiger partial charge in [0.05, 0.1) is 13.2 Å². The molecule has 4 rings (SSSR count). The third-order valence-corrected chi connectivity index (χ3v) is 5.89. The van der Waals surface area contributed by atoms with E-state index in [1.807, 2.05) is 36.4 Å². The van der Waals surface area contributed by atoms with Crippen molar-refractivity contribution in [1.82, 2.24) is 4.90 Å². The van der Waals surface area contributed by atoms with Gasteiger partial charge in [-0.25, -0.2) is 0 Å². The second-order valence-corrected chi connectivity index (χ2v) is 8.00. The summed E-state index contributed by atoms with van der Waals surface area (Å²) in [5.41, 5.74) is 3.83. The summed E-state index contributed by atoms with van der Waals surface area (Å²) in [7, 11) is 4.28. The summed E-state index contributed by atoms with van der Waals surface area (Å²) < 4.78 is 5.40. The molecule has 1 N–H and O–H groups in total. The lowest BCUT2D eigenvalue weighted by Gasteiger charge is -2.28. The van der Waals surface area contributed by atoms with E-state index in [4.69, 9.17) is 4.74 Å². The summed E-state index contributed by atoms with van der Waals surface area (Å²) in [6, 6.07) is 16.6. The van der Waals surface area contributed by atoms with Crippen molar-refractivity contribution in [3.05, 3.63) is 54.1 Å².